The Balaban J connectivity index is 1.72. The zero-order valence-corrected chi connectivity index (χ0v) is 18.9. The van der Waals surface area contributed by atoms with E-state index >= 15 is 0 Å². The number of benzene rings is 3. The van der Waals surface area contributed by atoms with Crippen LogP contribution in [0, 0.1) is 6.92 Å². The van der Waals surface area contributed by atoms with Crippen molar-refractivity contribution in [2.24, 2.45) is 0 Å². The van der Waals surface area contributed by atoms with Crippen molar-refractivity contribution >= 4 is 22.7 Å². The molecule has 6 nitrogen and oxygen atoms in total. The third-order valence-corrected chi connectivity index (χ3v) is 5.59. The minimum absolute atomic E-state index is 0.254. The summed E-state index contributed by atoms with van der Waals surface area (Å²) in [6.07, 6.45) is 0. The second kappa shape index (κ2) is 9.61. The molecule has 0 amide bonds. The van der Waals surface area contributed by atoms with Gasteiger partial charge in [0.1, 0.15) is 17.3 Å². The number of carbonyl (C=O) groups is 1. The Morgan fingerprint density at radius 3 is 1.88 bits per heavy atom. The Bertz CT molecular complexity index is 1220. The van der Waals surface area contributed by atoms with E-state index in [1.54, 1.807) is 32.4 Å². The number of carboxylic acid groups (broad SMARTS) is 1. The lowest BCUT2D eigenvalue weighted by Crippen LogP contribution is -2.24. The summed E-state index contributed by atoms with van der Waals surface area (Å²) in [7, 11) is 3.31. The average Bonchev–Trinajstić information content (AvgIpc) is 2.83. The molecule has 4 rings (SSSR count). The highest BCUT2D eigenvalue weighted by Crippen LogP contribution is 2.27. The van der Waals surface area contributed by atoms with E-state index < -0.39 is 5.97 Å². The first-order valence-electron chi connectivity index (χ1n) is 10.6. The number of pyridine rings is 1. The first kappa shape index (κ1) is 22.1. The lowest BCUT2D eigenvalue weighted by atomic mass is 10.1. The number of hydrogen-bond acceptors (Lipinski definition) is 5. The predicted octanol–water partition coefficient (Wildman–Crippen LogP) is 5.47. The van der Waals surface area contributed by atoms with Gasteiger partial charge in [-0.2, -0.15) is 0 Å². The average molecular weight is 443 g/mol. The van der Waals surface area contributed by atoms with E-state index in [1.165, 1.54) is 0 Å². The number of hydrogen-bond donors (Lipinski definition) is 1. The zero-order valence-electron chi connectivity index (χ0n) is 18.9. The molecule has 0 radical (unpaired) electrons. The van der Waals surface area contributed by atoms with E-state index in [9.17, 15) is 9.90 Å². The van der Waals surface area contributed by atoms with Crippen molar-refractivity contribution in [2.75, 3.05) is 19.1 Å². The maximum absolute atomic E-state index is 11.4. The van der Waals surface area contributed by atoms with Crippen molar-refractivity contribution in [3.63, 3.8) is 0 Å². The highest BCUT2D eigenvalue weighted by Gasteiger charge is 2.15. The van der Waals surface area contributed by atoms with Gasteiger partial charge >= 0.3 is 5.97 Å². The van der Waals surface area contributed by atoms with Gasteiger partial charge in [0.05, 0.1) is 25.3 Å². The Morgan fingerprint density at radius 2 is 1.39 bits per heavy atom. The molecule has 1 N–H and O–H groups in total. The van der Waals surface area contributed by atoms with Crippen LogP contribution in [0.5, 0.6) is 11.5 Å². The molecule has 0 atom stereocenters. The van der Waals surface area contributed by atoms with Gasteiger partial charge in [0.2, 0.25) is 0 Å². The quantitative estimate of drug-likeness (QED) is 0.390. The summed E-state index contributed by atoms with van der Waals surface area (Å²) in [5, 5.41) is 10.1. The summed E-state index contributed by atoms with van der Waals surface area (Å²) >= 11 is 0. The molecule has 0 saturated carbocycles. The van der Waals surface area contributed by atoms with Gasteiger partial charge < -0.3 is 19.5 Å². The van der Waals surface area contributed by atoms with Gasteiger partial charge in [0.15, 0.2) is 0 Å². The molecule has 0 fully saturated rings. The van der Waals surface area contributed by atoms with E-state index in [-0.39, 0.29) is 5.56 Å². The highest BCUT2D eigenvalue weighted by molar-refractivity contribution is 5.94. The predicted molar refractivity (Wildman–Crippen MR) is 129 cm³/mol. The summed E-state index contributed by atoms with van der Waals surface area (Å²) in [5.41, 5.74) is 4.26. The summed E-state index contributed by atoms with van der Waals surface area (Å²) < 4.78 is 10.6. The van der Waals surface area contributed by atoms with Crippen molar-refractivity contribution in [1.82, 2.24) is 4.98 Å². The molecule has 0 aliphatic heterocycles. The second-order valence-corrected chi connectivity index (χ2v) is 7.89. The molecule has 0 aliphatic rings. The lowest BCUT2D eigenvalue weighted by Gasteiger charge is -2.26. The third kappa shape index (κ3) is 5.06. The standard InChI is InChI=1S/C27H26N2O4/c1-18-14-22-15-21(27(30)31)8-13-25(22)28-26(18)29(16-19-4-9-23(32-2)10-5-19)17-20-6-11-24(33-3)12-7-20/h4-15H,16-17H2,1-3H3,(H,30,31). The Hall–Kier alpha value is -4.06. The SMILES string of the molecule is COc1ccc(CN(Cc2ccc(OC)cc2)c2nc3ccc(C(=O)O)cc3cc2C)cc1. The van der Waals surface area contributed by atoms with Crippen LogP contribution in [0.2, 0.25) is 0 Å². The number of nitrogens with zero attached hydrogens (tertiary/aromatic N) is 2. The van der Waals surface area contributed by atoms with Gasteiger partial charge in [-0.3, -0.25) is 0 Å². The Morgan fingerprint density at radius 1 is 0.848 bits per heavy atom. The van der Waals surface area contributed by atoms with Crippen molar-refractivity contribution in [1.29, 1.82) is 0 Å². The number of aryl methyl sites for hydroxylation is 1. The van der Waals surface area contributed by atoms with E-state index in [0.29, 0.717) is 13.1 Å². The molecular formula is C27H26N2O4. The Kier molecular flexibility index (Phi) is 6.45. The second-order valence-electron chi connectivity index (χ2n) is 7.89. The third-order valence-electron chi connectivity index (χ3n) is 5.59. The molecular weight excluding hydrogens is 416 g/mol. The van der Waals surface area contributed by atoms with Crippen molar-refractivity contribution in [2.45, 2.75) is 20.0 Å². The zero-order chi connectivity index (χ0) is 23.4. The van der Waals surface area contributed by atoms with E-state index in [4.69, 9.17) is 14.5 Å². The van der Waals surface area contributed by atoms with Crippen LogP contribution >= 0.6 is 0 Å². The number of fused-ring (bicyclic) bond motifs is 1. The molecule has 0 spiro atoms. The van der Waals surface area contributed by atoms with Gasteiger partial charge in [-0.05, 0) is 72.1 Å². The molecule has 0 saturated heterocycles. The van der Waals surface area contributed by atoms with Gasteiger partial charge in [0.25, 0.3) is 0 Å². The van der Waals surface area contributed by atoms with Crippen LogP contribution in [0.3, 0.4) is 0 Å². The highest BCUT2D eigenvalue weighted by atomic mass is 16.5. The number of ether oxygens (including phenoxy) is 2. The van der Waals surface area contributed by atoms with Crippen LogP contribution in [0.1, 0.15) is 27.0 Å². The van der Waals surface area contributed by atoms with Gasteiger partial charge in [-0.1, -0.05) is 24.3 Å². The fourth-order valence-electron chi connectivity index (χ4n) is 3.83. The summed E-state index contributed by atoms with van der Waals surface area (Å²) in [6.45, 7) is 3.31. The van der Waals surface area contributed by atoms with Gasteiger partial charge in [0, 0.05) is 18.5 Å². The maximum atomic E-state index is 11.4. The number of carboxylic acids is 1. The molecule has 4 aromatic rings. The largest absolute Gasteiger partial charge is 0.497 e. The van der Waals surface area contributed by atoms with Gasteiger partial charge in [-0.15, -0.1) is 0 Å². The van der Waals surface area contributed by atoms with Crippen LogP contribution in [-0.2, 0) is 13.1 Å². The molecule has 3 aromatic carbocycles. The monoisotopic (exact) mass is 442 g/mol. The van der Waals surface area contributed by atoms with Crippen molar-refractivity contribution in [3.8, 4) is 11.5 Å². The Labute approximate surface area is 193 Å². The van der Waals surface area contributed by atoms with E-state index in [1.807, 2.05) is 37.3 Å². The van der Waals surface area contributed by atoms with Crippen LogP contribution < -0.4 is 14.4 Å². The van der Waals surface area contributed by atoms with Gasteiger partial charge in [-0.25, -0.2) is 9.78 Å². The first-order valence-corrected chi connectivity index (χ1v) is 10.6. The van der Waals surface area contributed by atoms with E-state index in [0.717, 1.165) is 44.9 Å². The smallest absolute Gasteiger partial charge is 0.335 e. The number of rotatable bonds is 8. The molecule has 33 heavy (non-hydrogen) atoms. The number of methoxy groups -OCH3 is 2. The fourth-order valence-corrected chi connectivity index (χ4v) is 3.83. The summed E-state index contributed by atoms with van der Waals surface area (Å²) in [5.74, 6) is 1.54. The number of anilines is 1. The molecule has 168 valence electrons. The van der Waals surface area contributed by atoms with Crippen LogP contribution in [0.4, 0.5) is 5.82 Å². The minimum Gasteiger partial charge on any atom is -0.497 e. The topological polar surface area (TPSA) is 71.9 Å². The molecule has 0 unspecified atom stereocenters. The van der Waals surface area contributed by atoms with Crippen LogP contribution in [0.15, 0.2) is 72.8 Å². The van der Waals surface area contributed by atoms with Crippen molar-refractivity contribution < 1.29 is 19.4 Å². The normalized spacial score (nSPS) is 10.8. The summed E-state index contributed by atoms with van der Waals surface area (Å²) in [4.78, 5) is 18.5. The maximum Gasteiger partial charge on any atom is 0.335 e. The molecule has 0 aliphatic carbocycles. The molecule has 0 bridgehead atoms. The fraction of sp³-hybridized carbons (Fsp3) is 0.185. The van der Waals surface area contributed by atoms with Crippen LogP contribution in [-0.4, -0.2) is 30.3 Å². The molecule has 6 heteroatoms. The number of aromatic nitrogens is 1. The van der Waals surface area contributed by atoms with E-state index in [2.05, 4.69) is 29.2 Å². The molecule has 1 aromatic heterocycles. The number of aromatic carboxylic acids is 1. The molecule has 1 heterocycles. The minimum atomic E-state index is -0.945. The van der Waals surface area contributed by atoms with Crippen molar-refractivity contribution in [3.05, 3.63) is 95.1 Å². The summed E-state index contributed by atoms with van der Waals surface area (Å²) in [6, 6.07) is 23.0. The first-order chi connectivity index (χ1) is 16.0. The lowest BCUT2D eigenvalue weighted by molar-refractivity contribution is 0.0697. The van der Waals surface area contributed by atoms with Crippen LogP contribution in [0.25, 0.3) is 10.9 Å².